The van der Waals surface area contributed by atoms with Crippen molar-refractivity contribution in [2.75, 3.05) is 14.2 Å². The third-order valence-corrected chi connectivity index (χ3v) is 2.27. The summed E-state index contributed by atoms with van der Waals surface area (Å²) in [5.74, 6) is 0.866. The molecule has 0 spiro atoms. The van der Waals surface area contributed by atoms with Gasteiger partial charge in [-0.25, -0.2) is 4.79 Å². The van der Waals surface area contributed by atoms with Gasteiger partial charge < -0.3 is 9.47 Å². The Morgan fingerprint density at radius 1 is 1.35 bits per heavy atom. The first-order valence-electron chi connectivity index (χ1n) is 5.03. The highest BCUT2D eigenvalue weighted by atomic mass is 16.5. The van der Waals surface area contributed by atoms with E-state index in [2.05, 4.69) is 4.99 Å². The van der Waals surface area contributed by atoms with Gasteiger partial charge in [-0.05, 0) is 30.2 Å². The third-order valence-electron chi connectivity index (χ3n) is 2.27. The number of carbonyl (C=O) groups excluding carboxylic acids is 2. The fourth-order valence-electron chi connectivity index (χ4n) is 1.43. The molecule has 0 radical (unpaired) electrons. The first-order valence-corrected chi connectivity index (χ1v) is 5.03. The molecule has 0 bridgehead atoms. The highest BCUT2D eigenvalue weighted by Gasteiger charge is 2.07. The summed E-state index contributed by atoms with van der Waals surface area (Å²) in [6, 6.07) is 5.33. The summed E-state index contributed by atoms with van der Waals surface area (Å²) >= 11 is 0. The second-order valence-electron chi connectivity index (χ2n) is 3.27. The predicted molar refractivity (Wildman–Crippen MR) is 61.0 cm³/mol. The Morgan fingerprint density at radius 2 is 2.12 bits per heavy atom. The van der Waals surface area contributed by atoms with E-state index in [-0.39, 0.29) is 6.42 Å². The van der Waals surface area contributed by atoms with Gasteiger partial charge in [-0.1, -0.05) is 0 Å². The number of hydrogen-bond donors (Lipinski definition) is 0. The minimum absolute atomic E-state index is 0.138. The summed E-state index contributed by atoms with van der Waals surface area (Å²) in [7, 11) is 3.12. The van der Waals surface area contributed by atoms with Crippen molar-refractivity contribution in [1.29, 1.82) is 0 Å². The Labute approximate surface area is 99.1 Å². The van der Waals surface area contributed by atoms with Crippen LogP contribution in [0.3, 0.4) is 0 Å². The second kappa shape index (κ2) is 6.45. The van der Waals surface area contributed by atoms with E-state index in [1.54, 1.807) is 32.4 Å². The molecule has 0 aliphatic rings. The van der Waals surface area contributed by atoms with Crippen LogP contribution in [0.5, 0.6) is 11.5 Å². The number of nitrogens with zero attached hydrogens (tertiary/aromatic N) is 1. The second-order valence-corrected chi connectivity index (χ2v) is 3.27. The Morgan fingerprint density at radius 3 is 2.71 bits per heavy atom. The molecule has 0 aliphatic heterocycles. The van der Waals surface area contributed by atoms with E-state index in [1.165, 1.54) is 6.08 Å². The highest BCUT2D eigenvalue weighted by Crippen LogP contribution is 2.25. The van der Waals surface area contributed by atoms with Gasteiger partial charge in [0.25, 0.3) is 5.91 Å². The molecular weight excluding hydrogens is 222 g/mol. The van der Waals surface area contributed by atoms with Gasteiger partial charge in [-0.2, -0.15) is 0 Å². The van der Waals surface area contributed by atoms with Crippen molar-refractivity contribution >= 4 is 12.0 Å². The number of benzene rings is 1. The number of isocyanates is 1. The molecule has 90 valence electrons. The molecule has 17 heavy (non-hydrogen) atoms. The molecule has 5 heteroatoms. The molecule has 0 saturated carbocycles. The van der Waals surface area contributed by atoms with E-state index in [4.69, 9.17) is 9.47 Å². The van der Waals surface area contributed by atoms with E-state index in [0.29, 0.717) is 17.9 Å². The lowest BCUT2D eigenvalue weighted by Crippen LogP contribution is -1.99. The SMILES string of the molecule is COc1ccc(OC)c(CCC(=O)N=C=O)c1. The Bertz CT molecular complexity index is 450. The first kappa shape index (κ1) is 12.9. The standard InChI is InChI=1S/C12H13NO4/c1-16-10-4-5-11(17-2)9(7-10)3-6-12(15)13-8-14/h4-5,7H,3,6H2,1-2H3. The van der Waals surface area contributed by atoms with Crippen molar-refractivity contribution < 1.29 is 19.1 Å². The van der Waals surface area contributed by atoms with Crippen LogP contribution in [0.2, 0.25) is 0 Å². The largest absolute Gasteiger partial charge is 0.497 e. The van der Waals surface area contributed by atoms with Gasteiger partial charge in [0.15, 0.2) is 0 Å². The van der Waals surface area contributed by atoms with Crippen molar-refractivity contribution in [3.63, 3.8) is 0 Å². The fraction of sp³-hybridized carbons (Fsp3) is 0.333. The number of methoxy groups -OCH3 is 2. The van der Waals surface area contributed by atoms with Gasteiger partial charge in [0, 0.05) is 6.42 Å². The maximum atomic E-state index is 11.1. The highest BCUT2D eigenvalue weighted by molar-refractivity contribution is 5.81. The maximum Gasteiger partial charge on any atom is 0.256 e. The molecule has 0 unspecified atom stereocenters. The molecule has 0 fully saturated rings. The maximum absolute atomic E-state index is 11.1. The lowest BCUT2D eigenvalue weighted by Gasteiger charge is -2.09. The lowest BCUT2D eigenvalue weighted by molar-refractivity contribution is -0.117. The van der Waals surface area contributed by atoms with Crippen LogP contribution >= 0.6 is 0 Å². The molecule has 0 heterocycles. The zero-order valence-corrected chi connectivity index (χ0v) is 9.73. The smallest absolute Gasteiger partial charge is 0.256 e. The lowest BCUT2D eigenvalue weighted by atomic mass is 10.1. The number of hydrogen-bond acceptors (Lipinski definition) is 4. The summed E-state index contributed by atoms with van der Waals surface area (Å²) in [4.78, 5) is 24.0. The van der Waals surface area contributed by atoms with E-state index in [1.807, 2.05) is 0 Å². The van der Waals surface area contributed by atoms with Crippen LogP contribution in [-0.2, 0) is 16.0 Å². The van der Waals surface area contributed by atoms with Crippen LogP contribution in [0.25, 0.3) is 0 Å². The summed E-state index contributed by atoms with van der Waals surface area (Å²) in [6.07, 6.45) is 1.80. The zero-order valence-electron chi connectivity index (χ0n) is 9.73. The number of amides is 1. The average molecular weight is 235 g/mol. The number of aryl methyl sites for hydroxylation is 1. The molecule has 1 amide bonds. The van der Waals surface area contributed by atoms with Crippen molar-refractivity contribution in [1.82, 2.24) is 0 Å². The monoisotopic (exact) mass is 235 g/mol. The summed E-state index contributed by atoms with van der Waals surface area (Å²) in [6.45, 7) is 0. The van der Waals surface area contributed by atoms with Crippen LogP contribution < -0.4 is 9.47 Å². The molecule has 1 rings (SSSR count). The summed E-state index contributed by atoms with van der Waals surface area (Å²) < 4.78 is 10.2. The summed E-state index contributed by atoms with van der Waals surface area (Å²) in [5.41, 5.74) is 0.835. The van der Waals surface area contributed by atoms with E-state index < -0.39 is 5.91 Å². The predicted octanol–water partition coefficient (Wildman–Crippen LogP) is 1.50. The van der Waals surface area contributed by atoms with Crippen molar-refractivity contribution in [3.05, 3.63) is 23.8 Å². The molecule has 0 atom stereocenters. The van der Waals surface area contributed by atoms with Crippen LogP contribution in [0.4, 0.5) is 0 Å². The number of carbonyl (C=O) groups is 1. The minimum Gasteiger partial charge on any atom is -0.497 e. The molecule has 5 nitrogen and oxygen atoms in total. The Kier molecular flexibility index (Phi) is 4.91. The number of ether oxygens (including phenoxy) is 2. The van der Waals surface area contributed by atoms with Gasteiger partial charge in [0.1, 0.15) is 11.5 Å². The molecule has 1 aromatic rings. The van der Waals surface area contributed by atoms with Crippen molar-refractivity contribution in [2.24, 2.45) is 4.99 Å². The van der Waals surface area contributed by atoms with Gasteiger partial charge in [0.2, 0.25) is 6.08 Å². The quantitative estimate of drug-likeness (QED) is 0.573. The van der Waals surface area contributed by atoms with Crippen molar-refractivity contribution in [3.8, 4) is 11.5 Å². The van der Waals surface area contributed by atoms with E-state index >= 15 is 0 Å². The Hall–Kier alpha value is -2.13. The molecule has 1 aromatic carbocycles. The first-order chi connectivity index (χ1) is 8.21. The van der Waals surface area contributed by atoms with Gasteiger partial charge in [0.05, 0.1) is 14.2 Å². The van der Waals surface area contributed by atoms with Crippen molar-refractivity contribution in [2.45, 2.75) is 12.8 Å². The normalized spacial score (nSPS) is 9.29. The van der Waals surface area contributed by atoms with Crippen LogP contribution in [-0.4, -0.2) is 26.2 Å². The zero-order chi connectivity index (χ0) is 12.7. The molecule has 0 aromatic heterocycles. The fourth-order valence-corrected chi connectivity index (χ4v) is 1.43. The van der Waals surface area contributed by atoms with E-state index in [0.717, 1.165) is 5.56 Å². The molecule has 0 aliphatic carbocycles. The summed E-state index contributed by atoms with van der Waals surface area (Å²) in [5, 5.41) is 0. The number of rotatable bonds is 5. The van der Waals surface area contributed by atoms with Crippen LogP contribution in [0.1, 0.15) is 12.0 Å². The number of aliphatic imine (C=N–C) groups is 1. The molecule has 0 N–H and O–H groups in total. The average Bonchev–Trinajstić information content (AvgIpc) is 2.36. The van der Waals surface area contributed by atoms with Crippen LogP contribution in [0.15, 0.2) is 23.2 Å². The topological polar surface area (TPSA) is 65.0 Å². The van der Waals surface area contributed by atoms with Gasteiger partial charge in [-0.3, -0.25) is 4.79 Å². The van der Waals surface area contributed by atoms with Gasteiger partial charge in [-0.15, -0.1) is 4.99 Å². The third kappa shape index (κ3) is 3.74. The van der Waals surface area contributed by atoms with E-state index in [9.17, 15) is 9.59 Å². The Balaban J connectivity index is 2.80. The van der Waals surface area contributed by atoms with Crippen LogP contribution in [0, 0.1) is 0 Å². The molecule has 0 saturated heterocycles. The molecular formula is C12H13NO4. The minimum atomic E-state index is -0.495. The van der Waals surface area contributed by atoms with Gasteiger partial charge >= 0.3 is 0 Å².